The Hall–Kier alpha value is -0.790. The molecule has 24 heavy (non-hydrogen) atoms. The van der Waals surface area contributed by atoms with Crippen LogP contribution < -0.4 is 0 Å². The predicted molar refractivity (Wildman–Crippen MR) is 103 cm³/mol. The molecule has 2 nitrogen and oxygen atoms in total. The highest BCUT2D eigenvalue weighted by Crippen LogP contribution is 2.55. The van der Waals surface area contributed by atoms with Gasteiger partial charge < -0.3 is 4.74 Å². The highest BCUT2D eigenvalue weighted by atomic mass is 16.6. The Labute approximate surface area is 150 Å². The number of ether oxygens (including phenoxy) is 1. The molecule has 0 bridgehead atoms. The molecule has 1 aliphatic rings. The van der Waals surface area contributed by atoms with E-state index in [0.717, 1.165) is 25.7 Å². The van der Waals surface area contributed by atoms with Crippen LogP contribution in [0.5, 0.6) is 0 Å². The summed E-state index contributed by atoms with van der Waals surface area (Å²) in [6.45, 7) is 12.4. The Kier molecular flexibility index (Phi) is 9.08. The lowest BCUT2D eigenvalue weighted by Gasteiger charge is -2.54. The molecule has 0 amide bonds. The van der Waals surface area contributed by atoms with Gasteiger partial charge in [-0.15, -0.1) is 0 Å². The second-order valence-electron chi connectivity index (χ2n) is 7.96. The number of carbonyl (C=O) groups is 1. The normalized spacial score (nSPS) is 23.0. The van der Waals surface area contributed by atoms with Crippen LogP contribution in [-0.2, 0) is 9.53 Å². The Morgan fingerprint density at radius 1 is 0.917 bits per heavy atom. The van der Waals surface area contributed by atoms with Gasteiger partial charge in [-0.3, -0.25) is 0 Å². The van der Waals surface area contributed by atoms with Crippen LogP contribution in [0.1, 0.15) is 111 Å². The number of unbranched alkanes of at least 4 members (excludes halogenated alkanes) is 3. The van der Waals surface area contributed by atoms with E-state index in [4.69, 9.17) is 4.74 Å². The molecule has 0 saturated heterocycles. The van der Waals surface area contributed by atoms with Gasteiger partial charge in [0.15, 0.2) is 0 Å². The first-order chi connectivity index (χ1) is 11.5. The predicted octanol–water partition coefficient (Wildman–Crippen LogP) is 6.98. The van der Waals surface area contributed by atoms with Gasteiger partial charge in [-0.1, -0.05) is 65.9 Å². The molecular formula is C22H40O2. The number of carbonyl (C=O) groups excluding carboxylic acids is 1. The molecule has 1 rings (SSSR count). The van der Waals surface area contributed by atoms with Crippen molar-refractivity contribution < 1.29 is 9.53 Å². The van der Waals surface area contributed by atoms with Crippen molar-refractivity contribution >= 4 is 5.97 Å². The number of rotatable bonds is 11. The first kappa shape index (κ1) is 21.3. The third-order valence-electron chi connectivity index (χ3n) is 6.04. The zero-order valence-electron chi connectivity index (χ0n) is 16.7. The largest absolute Gasteiger partial charge is 0.455 e. The van der Waals surface area contributed by atoms with Gasteiger partial charge in [0, 0.05) is 11.0 Å². The number of hydrogen-bond acceptors (Lipinski definition) is 2. The third kappa shape index (κ3) is 5.10. The van der Waals surface area contributed by atoms with Gasteiger partial charge in [0.1, 0.15) is 5.60 Å². The highest BCUT2D eigenvalue weighted by Gasteiger charge is 2.53. The molecule has 1 fully saturated rings. The fourth-order valence-electron chi connectivity index (χ4n) is 4.56. The first-order valence-corrected chi connectivity index (χ1v) is 10.4. The Morgan fingerprint density at radius 2 is 1.42 bits per heavy atom. The average Bonchev–Trinajstić information content (AvgIpc) is 2.58. The minimum absolute atomic E-state index is 0.176. The monoisotopic (exact) mass is 336 g/mol. The van der Waals surface area contributed by atoms with E-state index < -0.39 is 0 Å². The lowest BCUT2D eigenvalue weighted by molar-refractivity contribution is -0.188. The van der Waals surface area contributed by atoms with Gasteiger partial charge in [-0.05, 0) is 51.9 Å². The van der Waals surface area contributed by atoms with Crippen LogP contribution in [0, 0.1) is 5.41 Å². The van der Waals surface area contributed by atoms with Crippen molar-refractivity contribution in [2.45, 2.75) is 117 Å². The van der Waals surface area contributed by atoms with E-state index in [9.17, 15) is 4.79 Å². The topological polar surface area (TPSA) is 26.3 Å². The average molecular weight is 337 g/mol. The molecule has 0 aromatic carbocycles. The molecule has 140 valence electrons. The summed E-state index contributed by atoms with van der Waals surface area (Å²) in [5.41, 5.74) is 0.454. The maximum atomic E-state index is 12.5. The molecule has 1 atom stereocenters. The molecule has 0 spiro atoms. The zero-order valence-corrected chi connectivity index (χ0v) is 16.7. The van der Waals surface area contributed by atoms with Crippen LogP contribution in [0.15, 0.2) is 12.2 Å². The molecule has 0 aliphatic heterocycles. The quantitative estimate of drug-likeness (QED) is 0.300. The van der Waals surface area contributed by atoms with Gasteiger partial charge in [-0.25, -0.2) is 4.79 Å². The second kappa shape index (κ2) is 10.3. The highest BCUT2D eigenvalue weighted by molar-refractivity contribution is 5.87. The maximum absolute atomic E-state index is 12.5. The summed E-state index contributed by atoms with van der Waals surface area (Å²) in [4.78, 5) is 12.5. The van der Waals surface area contributed by atoms with Crippen molar-refractivity contribution in [2.75, 3.05) is 0 Å². The number of hydrogen-bond donors (Lipinski definition) is 0. The van der Waals surface area contributed by atoms with Gasteiger partial charge in [0.2, 0.25) is 0 Å². The van der Waals surface area contributed by atoms with Crippen molar-refractivity contribution in [1.82, 2.24) is 0 Å². The molecule has 0 aromatic heterocycles. The summed E-state index contributed by atoms with van der Waals surface area (Å²) < 4.78 is 6.31. The molecule has 0 N–H and O–H groups in total. The van der Waals surface area contributed by atoms with Gasteiger partial charge in [0.05, 0.1) is 0 Å². The van der Waals surface area contributed by atoms with Gasteiger partial charge in [-0.2, -0.15) is 0 Å². The minimum Gasteiger partial charge on any atom is -0.455 e. The van der Waals surface area contributed by atoms with E-state index in [1.54, 1.807) is 6.92 Å². The molecule has 0 heterocycles. The van der Waals surface area contributed by atoms with Crippen molar-refractivity contribution in [3.63, 3.8) is 0 Å². The molecule has 1 aliphatic carbocycles. The fourth-order valence-corrected chi connectivity index (χ4v) is 4.56. The molecule has 2 heteroatoms. The summed E-state index contributed by atoms with van der Waals surface area (Å²) in [7, 11) is 0. The van der Waals surface area contributed by atoms with Crippen LogP contribution in [0.4, 0.5) is 0 Å². The zero-order chi connectivity index (χ0) is 18.1. The standard InChI is InChI=1S/C22H40O2/c1-6-9-14-21(15-10-7-2)16-12-13-18-22(21,17-11-8-3)24-20(23)19(4)5/h4,6-18H2,1-3,5H3. The lowest BCUT2D eigenvalue weighted by Crippen LogP contribution is -2.53. The first-order valence-electron chi connectivity index (χ1n) is 10.4. The lowest BCUT2D eigenvalue weighted by atomic mass is 9.57. The van der Waals surface area contributed by atoms with Crippen LogP contribution in [0.2, 0.25) is 0 Å². The van der Waals surface area contributed by atoms with E-state index in [1.807, 2.05) is 0 Å². The SMILES string of the molecule is C=C(C)C(=O)OC1(CCCC)CCCCC1(CCCC)CCCC. The van der Waals surface area contributed by atoms with Crippen molar-refractivity contribution in [3.8, 4) is 0 Å². The van der Waals surface area contributed by atoms with Crippen LogP contribution in [0.25, 0.3) is 0 Å². The van der Waals surface area contributed by atoms with E-state index >= 15 is 0 Å². The third-order valence-corrected chi connectivity index (χ3v) is 6.04. The summed E-state index contributed by atoms with van der Waals surface area (Å²) in [6, 6.07) is 0. The van der Waals surface area contributed by atoms with Gasteiger partial charge >= 0.3 is 5.97 Å². The molecule has 1 saturated carbocycles. The number of esters is 1. The summed E-state index contributed by atoms with van der Waals surface area (Å²) >= 11 is 0. The van der Waals surface area contributed by atoms with Crippen LogP contribution in [0.3, 0.4) is 0 Å². The fraction of sp³-hybridized carbons (Fsp3) is 0.864. The molecule has 1 unspecified atom stereocenters. The van der Waals surface area contributed by atoms with E-state index in [2.05, 4.69) is 27.4 Å². The van der Waals surface area contributed by atoms with Gasteiger partial charge in [0.25, 0.3) is 0 Å². The van der Waals surface area contributed by atoms with Crippen molar-refractivity contribution in [1.29, 1.82) is 0 Å². The Morgan fingerprint density at radius 3 is 1.92 bits per heavy atom. The molecule has 0 radical (unpaired) electrons. The smallest absolute Gasteiger partial charge is 0.333 e. The minimum atomic E-state index is -0.262. The van der Waals surface area contributed by atoms with Crippen molar-refractivity contribution in [2.24, 2.45) is 5.41 Å². The van der Waals surface area contributed by atoms with Crippen LogP contribution >= 0.6 is 0 Å². The van der Waals surface area contributed by atoms with E-state index in [1.165, 1.54) is 57.8 Å². The second-order valence-corrected chi connectivity index (χ2v) is 7.96. The van der Waals surface area contributed by atoms with E-state index in [-0.39, 0.29) is 17.0 Å². The van der Waals surface area contributed by atoms with Crippen LogP contribution in [-0.4, -0.2) is 11.6 Å². The Bertz CT molecular complexity index is 391. The van der Waals surface area contributed by atoms with E-state index in [0.29, 0.717) is 5.57 Å². The molecular weight excluding hydrogens is 296 g/mol. The summed E-state index contributed by atoms with van der Waals surface area (Å²) in [6.07, 6.45) is 15.4. The molecule has 0 aromatic rings. The summed E-state index contributed by atoms with van der Waals surface area (Å²) in [5, 5.41) is 0. The van der Waals surface area contributed by atoms with Crippen molar-refractivity contribution in [3.05, 3.63) is 12.2 Å². The Balaban J connectivity index is 3.20. The summed E-state index contributed by atoms with van der Waals surface area (Å²) in [5.74, 6) is -0.176. The maximum Gasteiger partial charge on any atom is 0.333 e.